The first-order chi connectivity index (χ1) is 16.4. The number of morpholine rings is 1. The van der Waals surface area contributed by atoms with Crippen molar-refractivity contribution in [2.75, 3.05) is 42.3 Å². The molecule has 0 unspecified atom stereocenters. The SMILES string of the molecule is Cc1cccc(-n2c(SCC(=O)NC(=O)Nc3cccc(C)c3C)nnc2N2CCOCC2)c1. The number of rotatable bonds is 6. The van der Waals surface area contributed by atoms with Crippen molar-refractivity contribution in [2.45, 2.75) is 25.9 Å². The fourth-order valence-corrected chi connectivity index (χ4v) is 4.40. The van der Waals surface area contributed by atoms with Gasteiger partial charge in [0, 0.05) is 18.8 Å². The summed E-state index contributed by atoms with van der Waals surface area (Å²) in [6.07, 6.45) is 0. The maximum absolute atomic E-state index is 12.5. The second-order valence-corrected chi connectivity index (χ2v) is 9.04. The third-order valence-electron chi connectivity index (χ3n) is 5.61. The van der Waals surface area contributed by atoms with Gasteiger partial charge in [0.15, 0.2) is 5.16 Å². The number of ether oxygens (including phenoxy) is 1. The van der Waals surface area contributed by atoms with Crippen molar-refractivity contribution in [1.29, 1.82) is 0 Å². The number of urea groups is 1. The number of anilines is 2. The number of carbonyl (C=O) groups excluding carboxylic acids is 2. The Morgan fingerprint density at radius 1 is 1.06 bits per heavy atom. The van der Waals surface area contributed by atoms with Crippen LogP contribution in [0, 0.1) is 20.8 Å². The highest BCUT2D eigenvalue weighted by Crippen LogP contribution is 2.27. The third-order valence-corrected chi connectivity index (χ3v) is 6.54. The Kier molecular flexibility index (Phi) is 7.49. The number of carbonyl (C=O) groups is 2. The first-order valence-electron chi connectivity index (χ1n) is 11.1. The van der Waals surface area contributed by atoms with Crippen LogP contribution in [-0.4, -0.2) is 58.8 Å². The fourth-order valence-electron chi connectivity index (χ4n) is 3.65. The van der Waals surface area contributed by atoms with E-state index in [2.05, 4.69) is 31.8 Å². The number of nitrogens with one attached hydrogen (secondary N) is 2. The van der Waals surface area contributed by atoms with E-state index in [1.807, 2.05) is 55.7 Å². The van der Waals surface area contributed by atoms with Gasteiger partial charge in [0.25, 0.3) is 0 Å². The summed E-state index contributed by atoms with van der Waals surface area (Å²) in [5, 5.41) is 14.5. The summed E-state index contributed by atoms with van der Waals surface area (Å²) in [6.45, 7) is 8.60. The lowest BCUT2D eigenvalue weighted by molar-refractivity contribution is -0.117. The van der Waals surface area contributed by atoms with Gasteiger partial charge in [0.1, 0.15) is 0 Å². The van der Waals surface area contributed by atoms with E-state index >= 15 is 0 Å². The number of hydrogen-bond acceptors (Lipinski definition) is 7. The highest BCUT2D eigenvalue weighted by molar-refractivity contribution is 7.99. The fraction of sp³-hybridized carbons (Fsp3) is 0.333. The number of benzene rings is 2. The molecule has 2 aromatic carbocycles. The van der Waals surface area contributed by atoms with E-state index in [0.717, 1.165) is 22.4 Å². The van der Waals surface area contributed by atoms with E-state index in [-0.39, 0.29) is 5.75 Å². The molecule has 34 heavy (non-hydrogen) atoms. The van der Waals surface area contributed by atoms with E-state index in [9.17, 15) is 9.59 Å². The molecular weight excluding hydrogens is 452 g/mol. The average molecular weight is 481 g/mol. The summed E-state index contributed by atoms with van der Waals surface area (Å²) < 4.78 is 7.42. The van der Waals surface area contributed by atoms with Gasteiger partial charge in [-0.2, -0.15) is 0 Å². The summed E-state index contributed by atoms with van der Waals surface area (Å²) in [5.41, 5.74) is 4.72. The topological polar surface area (TPSA) is 101 Å². The Hall–Kier alpha value is -3.37. The first-order valence-corrected chi connectivity index (χ1v) is 12.1. The van der Waals surface area contributed by atoms with Crippen molar-refractivity contribution in [1.82, 2.24) is 20.1 Å². The molecule has 2 heterocycles. The van der Waals surface area contributed by atoms with Crippen molar-refractivity contribution in [3.8, 4) is 5.69 Å². The molecule has 4 rings (SSSR count). The minimum Gasteiger partial charge on any atom is -0.378 e. The quantitative estimate of drug-likeness (QED) is 0.521. The summed E-state index contributed by atoms with van der Waals surface area (Å²) in [4.78, 5) is 27.0. The maximum atomic E-state index is 12.5. The van der Waals surface area contributed by atoms with E-state index in [0.29, 0.717) is 43.1 Å². The number of imide groups is 1. The Bertz CT molecular complexity index is 1190. The van der Waals surface area contributed by atoms with Gasteiger partial charge in [-0.05, 0) is 55.7 Å². The van der Waals surface area contributed by atoms with Crippen LogP contribution in [0.2, 0.25) is 0 Å². The van der Waals surface area contributed by atoms with Gasteiger partial charge in [-0.3, -0.25) is 14.7 Å². The van der Waals surface area contributed by atoms with Gasteiger partial charge in [0.05, 0.1) is 24.7 Å². The van der Waals surface area contributed by atoms with Crippen LogP contribution >= 0.6 is 11.8 Å². The molecule has 0 saturated carbocycles. The Balaban J connectivity index is 1.45. The maximum Gasteiger partial charge on any atom is 0.325 e. The normalized spacial score (nSPS) is 13.6. The Morgan fingerprint density at radius 3 is 2.59 bits per heavy atom. The predicted octanol–water partition coefficient (Wildman–Crippen LogP) is 3.47. The second kappa shape index (κ2) is 10.7. The van der Waals surface area contributed by atoms with Crippen LogP contribution in [0.5, 0.6) is 0 Å². The summed E-state index contributed by atoms with van der Waals surface area (Å²) >= 11 is 1.23. The molecule has 10 heteroatoms. The predicted molar refractivity (Wildman–Crippen MR) is 133 cm³/mol. The van der Waals surface area contributed by atoms with Crippen LogP contribution in [0.15, 0.2) is 47.6 Å². The Labute approximate surface area is 202 Å². The number of nitrogens with zero attached hydrogens (tertiary/aromatic N) is 4. The van der Waals surface area contributed by atoms with Gasteiger partial charge in [0.2, 0.25) is 11.9 Å². The zero-order chi connectivity index (χ0) is 24.1. The number of amides is 3. The molecule has 2 N–H and O–H groups in total. The largest absolute Gasteiger partial charge is 0.378 e. The number of hydrogen-bond donors (Lipinski definition) is 2. The lowest BCUT2D eigenvalue weighted by atomic mass is 10.1. The van der Waals surface area contributed by atoms with Gasteiger partial charge in [-0.15, -0.1) is 10.2 Å². The van der Waals surface area contributed by atoms with Crippen LogP contribution in [0.25, 0.3) is 5.69 Å². The molecular formula is C24H28N6O3S. The van der Waals surface area contributed by atoms with Crippen molar-refractivity contribution in [3.05, 3.63) is 59.2 Å². The summed E-state index contributed by atoms with van der Waals surface area (Å²) in [5.74, 6) is 0.316. The molecule has 1 aliphatic rings. The molecule has 0 aliphatic carbocycles. The van der Waals surface area contributed by atoms with Crippen LogP contribution in [0.4, 0.5) is 16.4 Å². The molecule has 3 aromatic rings. The highest BCUT2D eigenvalue weighted by atomic mass is 32.2. The van der Waals surface area contributed by atoms with E-state index in [4.69, 9.17) is 4.74 Å². The van der Waals surface area contributed by atoms with Crippen LogP contribution in [0.3, 0.4) is 0 Å². The number of thioether (sulfide) groups is 1. The highest BCUT2D eigenvalue weighted by Gasteiger charge is 2.22. The van der Waals surface area contributed by atoms with Gasteiger partial charge >= 0.3 is 6.03 Å². The molecule has 1 saturated heterocycles. The monoisotopic (exact) mass is 480 g/mol. The van der Waals surface area contributed by atoms with Gasteiger partial charge in [-0.1, -0.05) is 36.0 Å². The molecule has 1 aromatic heterocycles. The first kappa shape index (κ1) is 23.8. The summed E-state index contributed by atoms with van der Waals surface area (Å²) in [6, 6.07) is 13.1. The van der Waals surface area contributed by atoms with Crippen molar-refractivity contribution in [2.24, 2.45) is 0 Å². The molecule has 3 amide bonds. The Morgan fingerprint density at radius 2 is 1.82 bits per heavy atom. The van der Waals surface area contributed by atoms with E-state index in [1.54, 1.807) is 6.07 Å². The molecule has 0 atom stereocenters. The molecule has 1 fully saturated rings. The molecule has 0 bridgehead atoms. The van der Waals surface area contributed by atoms with E-state index in [1.165, 1.54) is 11.8 Å². The van der Waals surface area contributed by atoms with Gasteiger partial charge < -0.3 is 15.0 Å². The van der Waals surface area contributed by atoms with Crippen molar-refractivity contribution < 1.29 is 14.3 Å². The van der Waals surface area contributed by atoms with Crippen molar-refractivity contribution >= 4 is 35.3 Å². The van der Waals surface area contributed by atoms with Gasteiger partial charge in [-0.25, -0.2) is 4.79 Å². The lowest BCUT2D eigenvalue weighted by Gasteiger charge is -2.28. The zero-order valence-corrected chi connectivity index (χ0v) is 20.3. The standard InChI is InChI=1S/C24H28N6O3S/c1-16-6-4-8-19(14-16)30-23(29-10-12-33-13-11-29)27-28-24(30)34-15-21(31)26-22(32)25-20-9-5-7-17(2)18(20)3/h4-9,14H,10-13,15H2,1-3H3,(H2,25,26,31,32). The average Bonchev–Trinajstić information content (AvgIpc) is 3.25. The number of aryl methyl sites for hydroxylation is 2. The number of aromatic nitrogens is 3. The smallest absolute Gasteiger partial charge is 0.325 e. The molecule has 1 aliphatic heterocycles. The molecule has 0 radical (unpaired) electrons. The van der Waals surface area contributed by atoms with Crippen LogP contribution < -0.4 is 15.5 Å². The third kappa shape index (κ3) is 5.57. The minimum absolute atomic E-state index is 0.0211. The minimum atomic E-state index is -0.562. The summed E-state index contributed by atoms with van der Waals surface area (Å²) in [7, 11) is 0. The van der Waals surface area contributed by atoms with Crippen molar-refractivity contribution in [3.63, 3.8) is 0 Å². The molecule has 9 nitrogen and oxygen atoms in total. The van der Waals surface area contributed by atoms with E-state index < -0.39 is 11.9 Å². The molecule has 0 spiro atoms. The van der Waals surface area contributed by atoms with Crippen LogP contribution in [-0.2, 0) is 9.53 Å². The zero-order valence-electron chi connectivity index (χ0n) is 19.5. The second-order valence-electron chi connectivity index (χ2n) is 8.09. The lowest BCUT2D eigenvalue weighted by Crippen LogP contribution is -2.38. The van der Waals surface area contributed by atoms with Crippen LogP contribution in [0.1, 0.15) is 16.7 Å². The molecule has 178 valence electrons.